The van der Waals surface area contributed by atoms with Gasteiger partial charge in [-0.25, -0.2) is 4.98 Å². The standard InChI is InChI=1S/C14H17BrN2/c15-13-8-5-4-7-12(13)6-2-1-3-9-14-16-10-11-17-14/h4-5,7-8,10-11H,1-3,6,9H2,(H,16,17). The van der Waals surface area contributed by atoms with E-state index >= 15 is 0 Å². The Balaban J connectivity index is 1.65. The summed E-state index contributed by atoms with van der Waals surface area (Å²) in [6, 6.07) is 8.46. The molecular formula is C14H17BrN2. The molecule has 0 aliphatic carbocycles. The summed E-state index contributed by atoms with van der Waals surface area (Å²) < 4.78 is 1.23. The van der Waals surface area contributed by atoms with Gasteiger partial charge in [-0.15, -0.1) is 0 Å². The molecule has 2 aromatic rings. The molecule has 0 spiro atoms. The fourth-order valence-corrected chi connectivity index (χ4v) is 2.40. The average molecular weight is 293 g/mol. The van der Waals surface area contributed by atoms with E-state index in [-0.39, 0.29) is 0 Å². The highest BCUT2D eigenvalue weighted by Gasteiger charge is 1.99. The first kappa shape index (κ1) is 12.4. The molecule has 0 unspecified atom stereocenters. The third-order valence-corrected chi connectivity index (χ3v) is 3.65. The Morgan fingerprint density at radius 3 is 2.65 bits per heavy atom. The number of halogens is 1. The molecule has 1 N–H and O–H groups in total. The predicted molar refractivity (Wildman–Crippen MR) is 74.0 cm³/mol. The normalized spacial score (nSPS) is 10.6. The second-order valence-corrected chi connectivity index (χ2v) is 5.04. The zero-order chi connectivity index (χ0) is 11.9. The number of nitrogens with zero attached hydrogens (tertiary/aromatic N) is 1. The topological polar surface area (TPSA) is 28.7 Å². The molecular weight excluding hydrogens is 276 g/mol. The molecule has 0 saturated carbocycles. The first-order chi connectivity index (χ1) is 8.36. The van der Waals surface area contributed by atoms with Crippen molar-refractivity contribution in [1.29, 1.82) is 0 Å². The Hall–Kier alpha value is -1.09. The lowest BCUT2D eigenvalue weighted by atomic mass is 10.1. The zero-order valence-electron chi connectivity index (χ0n) is 9.82. The van der Waals surface area contributed by atoms with Crippen LogP contribution in [0.1, 0.15) is 30.7 Å². The van der Waals surface area contributed by atoms with Crippen LogP contribution < -0.4 is 0 Å². The van der Waals surface area contributed by atoms with Gasteiger partial charge in [0.05, 0.1) is 0 Å². The summed E-state index contributed by atoms with van der Waals surface area (Å²) in [7, 11) is 0. The van der Waals surface area contributed by atoms with Gasteiger partial charge in [-0.2, -0.15) is 0 Å². The maximum absolute atomic E-state index is 4.22. The highest BCUT2D eigenvalue weighted by atomic mass is 79.9. The summed E-state index contributed by atoms with van der Waals surface area (Å²) >= 11 is 3.58. The van der Waals surface area contributed by atoms with Crippen LogP contribution in [0.2, 0.25) is 0 Å². The van der Waals surface area contributed by atoms with Crippen molar-refractivity contribution in [2.75, 3.05) is 0 Å². The lowest BCUT2D eigenvalue weighted by Gasteiger charge is -2.03. The maximum Gasteiger partial charge on any atom is 0.105 e. The van der Waals surface area contributed by atoms with Crippen molar-refractivity contribution < 1.29 is 0 Å². The number of aromatic amines is 1. The molecule has 0 radical (unpaired) electrons. The van der Waals surface area contributed by atoms with Crippen LogP contribution in [0.5, 0.6) is 0 Å². The Bertz CT molecular complexity index is 437. The van der Waals surface area contributed by atoms with Crippen molar-refractivity contribution in [1.82, 2.24) is 9.97 Å². The molecule has 2 rings (SSSR count). The van der Waals surface area contributed by atoms with E-state index in [2.05, 4.69) is 50.2 Å². The summed E-state index contributed by atoms with van der Waals surface area (Å²) in [5.41, 5.74) is 1.41. The van der Waals surface area contributed by atoms with Crippen LogP contribution in [-0.4, -0.2) is 9.97 Å². The van der Waals surface area contributed by atoms with Gasteiger partial charge in [0.2, 0.25) is 0 Å². The first-order valence-electron chi connectivity index (χ1n) is 6.08. The number of hydrogen-bond acceptors (Lipinski definition) is 1. The molecule has 0 atom stereocenters. The van der Waals surface area contributed by atoms with Crippen molar-refractivity contribution in [3.8, 4) is 0 Å². The second kappa shape index (κ2) is 6.60. The van der Waals surface area contributed by atoms with Crippen LogP contribution in [0.4, 0.5) is 0 Å². The number of aryl methyl sites for hydroxylation is 2. The van der Waals surface area contributed by atoms with Gasteiger partial charge < -0.3 is 4.98 Å². The van der Waals surface area contributed by atoms with Gasteiger partial charge in [-0.05, 0) is 30.9 Å². The van der Waals surface area contributed by atoms with Gasteiger partial charge in [-0.3, -0.25) is 0 Å². The number of H-pyrrole nitrogens is 1. The van der Waals surface area contributed by atoms with Crippen molar-refractivity contribution in [2.24, 2.45) is 0 Å². The molecule has 0 aliphatic heterocycles. The fourth-order valence-electron chi connectivity index (χ4n) is 1.92. The molecule has 1 aromatic heterocycles. The minimum Gasteiger partial charge on any atom is -0.349 e. The van der Waals surface area contributed by atoms with Crippen molar-refractivity contribution >= 4 is 15.9 Å². The third kappa shape index (κ3) is 4.00. The number of unbranched alkanes of at least 4 members (excludes halogenated alkanes) is 2. The summed E-state index contributed by atoms with van der Waals surface area (Å²) in [4.78, 5) is 7.36. The second-order valence-electron chi connectivity index (χ2n) is 4.19. The molecule has 0 saturated heterocycles. The van der Waals surface area contributed by atoms with Gasteiger partial charge in [0.1, 0.15) is 5.82 Å². The van der Waals surface area contributed by atoms with Crippen LogP contribution in [-0.2, 0) is 12.8 Å². The Morgan fingerprint density at radius 2 is 1.88 bits per heavy atom. The van der Waals surface area contributed by atoms with Gasteiger partial charge in [0.25, 0.3) is 0 Å². The average Bonchev–Trinajstić information content (AvgIpc) is 2.84. The van der Waals surface area contributed by atoms with Crippen molar-refractivity contribution in [3.05, 3.63) is 52.5 Å². The molecule has 3 heteroatoms. The van der Waals surface area contributed by atoms with Gasteiger partial charge in [-0.1, -0.05) is 40.5 Å². The van der Waals surface area contributed by atoms with Crippen LogP contribution in [0.3, 0.4) is 0 Å². The van der Waals surface area contributed by atoms with Crippen molar-refractivity contribution in [3.63, 3.8) is 0 Å². The summed E-state index contributed by atoms with van der Waals surface area (Å²) in [5.74, 6) is 1.10. The van der Waals surface area contributed by atoms with E-state index in [4.69, 9.17) is 0 Å². The molecule has 90 valence electrons. The number of aromatic nitrogens is 2. The molecule has 0 aliphatic rings. The number of hydrogen-bond donors (Lipinski definition) is 1. The first-order valence-corrected chi connectivity index (χ1v) is 6.87. The van der Waals surface area contributed by atoms with Crippen LogP contribution in [0.15, 0.2) is 41.1 Å². The van der Waals surface area contributed by atoms with E-state index in [1.54, 1.807) is 0 Å². The summed E-state index contributed by atoms with van der Waals surface area (Å²) in [6.45, 7) is 0. The number of benzene rings is 1. The highest BCUT2D eigenvalue weighted by Crippen LogP contribution is 2.18. The Labute approximate surface area is 111 Å². The molecule has 0 bridgehead atoms. The van der Waals surface area contributed by atoms with Gasteiger partial charge in [0, 0.05) is 23.3 Å². The van der Waals surface area contributed by atoms with Crippen LogP contribution >= 0.6 is 15.9 Å². The molecule has 2 nitrogen and oxygen atoms in total. The molecule has 17 heavy (non-hydrogen) atoms. The van der Waals surface area contributed by atoms with E-state index in [1.165, 1.54) is 29.3 Å². The third-order valence-electron chi connectivity index (χ3n) is 2.87. The van der Waals surface area contributed by atoms with Crippen LogP contribution in [0, 0.1) is 0 Å². The smallest absolute Gasteiger partial charge is 0.105 e. The SMILES string of the molecule is Brc1ccccc1CCCCCc1ncc[nH]1. The van der Waals surface area contributed by atoms with E-state index in [0.717, 1.165) is 18.7 Å². The monoisotopic (exact) mass is 292 g/mol. The lowest BCUT2D eigenvalue weighted by Crippen LogP contribution is -1.91. The Morgan fingerprint density at radius 1 is 1.06 bits per heavy atom. The minimum absolute atomic E-state index is 1.06. The molecule has 0 fully saturated rings. The molecule has 1 heterocycles. The highest BCUT2D eigenvalue weighted by molar-refractivity contribution is 9.10. The van der Waals surface area contributed by atoms with E-state index in [0.29, 0.717) is 0 Å². The maximum atomic E-state index is 4.22. The fraction of sp³-hybridized carbons (Fsp3) is 0.357. The number of nitrogens with one attached hydrogen (secondary N) is 1. The minimum atomic E-state index is 1.06. The largest absolute Gasteiger partial charge is 0.349 e. The summed E-state index contributed by atoms with van der Waals surface area (Å²) in [6.07, 6.45) is 9.61. The van der Waals surface area contributed by atoms with Crippen LogP contribution in [0.25, 0.3) is 0 Å². The van der Waals surface area contributed by atoms with Gasteiger partial charge >= 0.3 is 0 Å². The van der Waals surface area contributed by atoms with E-state index in [9.17, 15) is 0 Å². The number of rotatable bonds is 6. The number of imidazole rings is 1. The Kier molecular flexibility index (Phi) is 4.80. The molecule has 1 aromatic carbocycles. The predicted octanol–water partition coefficient (Wildman–Crippen LogP) is 4.13. The van der Waals surface area contributed by atoms with Gasteiger partial charge in [0.15, 0.2) is 0 Å². The lowest BCUT2D eigenvalue weighted by molar-refractivity contribution is 0.665. The van der Waals surface area contributed by atoms with E-state index < -0.39 is 0 Å². The quantitative estimate of drug-likeness (QED) is 0.797. The summed E-state index contributed by atoms with van der Waals surface area (Å²) in [5, 5.41) is 0. The molecule has 0 amide bonds. The van der Waals surface area contributed by atoms with E-state index in [1.807, 2.05) is 12.4 Å². The zero-order valence-corrected chi connectivity index (χ0v) is 11.4. The van der Waals surface area contributed by atoms with Crippen molar-refractivity contribution in [2.45, 2.75) is 32.1 Å².